The van der Waals surface area contributed by atoms with Gasteiger partial charge in [0.15, 0.2) is 6.10 Å². The zero-order valence-electron chi connectivity index (χ0n) is 49.6. The number of carbonyl (C=O) groups is 2. The van der Waals surface area contributed by atoms with E-state index < -0.39 is 32.5 Å². The average molecular weight is 1100 g/mol. The molecule has 9 nitrogen and oxygen atoms in total. The van der Waals surface area contributed by atoms with E-state index in [1.165, 1.54) is 25.7 Å². The molecule has 0 saturated carbocycles. The Labute approximate surface area is 477 Å². The van der Waals surface area contributed by atoms with E-state index in [0.29, 0.717) is 23.9 Å². The highest BCUT2D eigenvalue weighted by Crippen LogP contribution is 2.43. The Morgan fingerprint density at radius 1 is 0.397 bits per heavy atom. The van der Waals surface area contributed by atoms with Crippen LogP contribution in [0.1, 0.15) is 194 Å². The molecule has 0 heterocycles. The summed E-state index contributed by atoms with van der Waals surface area (Å²) in [4.78, 5) is 35.7. The van der Waals surface area contributed by atoms with Crippen LogP contribution in [0.15, 0.2) is 170 Å². The van der Waals surface area contributed by atoms with E-state index in [1.54, 1.807) is 0 Å². The average Bonchev–Trinajstić information content (AvgIpc) is 3.41. The summed E-state index contributed by atoms with van der Waals surface area (Å²) >= 11 is 0. The molecule has 0 aliphatic rings. The van der Waals surface area contributed by atoms with Crippen molar-refractivity contribution in [2.24, 2.45) is 0 Å². The van der Waals surface area contributed by atoms with Crippen LogP contribution >= 0.6 is 7.82 Å². The normalized spacial score (nSPS) is 14.5. The number of rotatable bonds is 52. The first-order valence-corrected chi connectivity index (χ1v) is 31.4. The van der Waals surface area contributed by atoms with Crippen LogP contribution in [0.4, 0.5) is 0 Å². The summed E-state index contributed by atoms with van der Waals surface area (Å²) < 4.78 is 34.5. The number of phosphoric acid groups is 1. The van der Waals surface area contributed by atoms with Gasteiger partial charge in [-0.2, -0.15) is 0 Å². The van der Waals surface area contributed by atoms with Crippen molar-refractivity contribution in [2.75, 3.05) is 47.5 Å². The number of carbonyl (C=O) groups excluding carboxylic acids is 2. The molecular formula is C68H109NO8P+. The monoisotopic (exact) mass is 1100 g/mol. The molecule has 0 spiro atoms. The number of allylic oxidation sites excluding steroid dienone is 28. The molecule has 0 aromatic heterocycles. The van der Waals surface area contributed by atoms with E-state index in [1.807, 2.05) is 21.1 Å². The minimum absolute atomic E-state index is 0.0108. The Hall–Kier alpha value is -4.63. The zero-order chi connectivity index (χ0) is 57.0. The van der Waals surface area contributed by atoms with Crippen LogP contribution in [0.25, 0.3) is 0 Å². The SMILES string of the molecule is CC/C=C\C/C=C\C/C=C\C/C=C\C/C=C\C/C=C\C/C=C\C/C=C\CCCCC(=O)OC(COC(=O)CCCCCCCCCC/C=C\C/C=C\C/C=C\C/C=C\C/C=C\C/C=C\CC)COP(=O)(O)OCC[N+](C)(C)C. The lowest BCUT2D eigenvalue weighted by Gasteiger charge is -2.24. The highest BCUT2D eigenvalue weighted by Gasteiger charge is 2.27. The Bertz CT molecular complexity index is 1920. The van der Waals surface area contributed by atoms with Crippen molar-refractivity contribution in [2.45, 2.75) is 200 Å². The van der Waals surface area contributed by atoms with E-state index in [9.17, 15) is 19.0 Å². The number of phosphoric ester groups is 1. The Morgan fingerprint density at radius 2 is 0.692 bits per heavy atom. The third-order valence-corrected chi connectivity index (χ3v) is 12.7. The molecule has 2 unspecified atom stereocenters. The van der Waals surface area contributed by atoms with Gasteiger partial charge in [0.25, 0.3) is 0 Å². The fraction of sp³-hybridized carbons (Fsp3) is 0.559. The number of hydrogen-bond donors (Lipinski definition) is 1. The molecule has 78 heavy (non-hydrogen) atoms. The van der Waals surface area contributed by atoms with Gasteiger partial charge >= 0.3 is 19.8 Å². The van der Waals surface area contributed by atoms with Crippen LogP contribution in [-0.4, -0.2) is 74.9 Å². The highest BCUT2D eigenvalue weighted by molar-refractivity contribution is 7.47. The number of quaternary nitrogens is 1. The van der Waals surface area contributed by atoms with Crippen LogP contribution in [0.2, 0.25) is 0 Å². The molecule has 0 aromatic carbocycles. The van der Waals surface area contributed by atoms with Gasteiger partial charge in [-0.15, -0.1) is 0 Å². The van der Waals surface area contributed by atoms with Gasteiger partial charge in [-0.3, -0.25) is 18.6 Å². The number of ether oxygens (including phenoxy) is 2. The van der Waals surface area contributed by atoms with Gasteiger partial charge < -0.3 is 18.9 Å². The summed E-state index contributed by atoms with van der Waals surface area (Å²) in [6.45, 7) is 4.11. The number of esters is 2. The Morgan fingerprint density at radius 3 is 1.05 bits per heavy atom. The van der Waals surface area contributed by atoms with Gasteiger partial charge in [0, 0.05) is 12.8 Å². The largest absolute Gasteiger partial charge is 0.472 e. The van der Waals surface area contributed by atoms with Gasteiger partial charge in [-0.25, -0.2) is 4.57 Å². The molecule has 0 rings (SSSR count). The maximum absolute atomic E-state index is 12.8. The standard InChI is InChI=1S/C68H108NO8P/c1-6-8-10-12-14-16-18-20-22-24-26-28-30-32-34-36-38-40-42-44-46-48-50-52-54-56-58-60-67(70)74-64-66(65-76-78(72,73)75-63-62-69(3,4)5)77-68(71)61-59-57-55-53-51-49-47-45-43-41-39-37-35-33-31-29-27-25-23-21-19-17-15-13-11-9-7-2/h8-11,14-17,20-23,26-29,32-35,38-41,45,47,51,53,66H,6-7,12-13,18-19,24-25,30-31,36-37,42-44,46,48-50,52,54-65H2,1-5H3/p+1/b10-8-,11-9-,16-14-,17-15-,22-20-,23-21-,28-26-,29-27-,34-32-,35-33-,40-38-,41-39-,47-45-,53-51-. The zero-order valence-corrected chi connectivity index (χ0v) is 50.5. The molecule has 0 aromatic rings. The maximum Gasteiger partial charge on any atom is 0.472 e. The second-order valence-electron chi connectivity index (χ2n) is 20.3. The van der Waals surface area contributed by atoms with Crippen LogP contribution in [0.3, 0.4) is 0 Å². The third-order valence-electron chi connectivity index (χ3n) is 11.7. The molecule has 0 radical (unpaired) electrons. The highest BCUT2D eigenvalue weighted by atomic mass is 31.2. The molecule has 2 atom stereocenters. The van der Waals surface area contributed by atoms with Crippen molar-refractivity contribution in [1.82, 2.24) is 0 Å². The lowest BCUT2D eigenvalue weighted by Crippen LogP contribution is -2.37. The van der Waals surface area contributed by atoms with Crippen molar-refractivity contribution < 1.29 is 42.1 Å². The van der Waals surface area contributed by atoms with E-state index >= 15 is 0 Å². The molecule has 0 saturated heterocycles. The Kier molecular flexibility index (Phi) is 53.7. The molecular weight excluding hydrogens is 990 g/mol. The first-order valence-electron chi connectivity index (χ1n) is 29.9. The molecule has 0 fully saturated rings. The predicted molar refractivity (Wildman–Crippen MR) is 334 cm³/mol. The van der Waals surface area contributed by atoms with Gasteiger partial charge in [0.2, 0.25) is 0 Å². The molecule has 1 N–H and O–H groups in total. The van der Waals surface area contributed by atoms with Crippen LogP contribution in [-0.2, 0) is 32.7 Å². The molecule has 0 amide bonds. The fourth-order valence-corrected chi connectivity index (χ4v) is 7.95. The molecule has 0 aliphatic heterocycles. The first kappa shape index (κ1) is 73.4. The summed E-state index contributed by atoms with van der Waals surface area (Å²) in [6, 6.07) is 0. The van der Waals surface area contributed by atoms with Gasteiger partial charge in [-0.1, -0.05) is 223 Å². The number of nitrogens with zero attached hydrogens (tertiary/aromatic N) is 1. The third kappa shape index (κ3) is 60.6. The van der Waals surface area contributed by atoms with E-state index in [0.717, 1.165) is 128 Å². The summed E-state index contributed by atoms with van der Waals surface area (Å²) in [5, 5.41) is 0. The smallest absolute Gasteiger partial charge is 0.462 e. The number of unbranched alkanes of at least 4 members (excludes halogenated alkanes) is 10. The maximum atomic E-state index is 12.8. The fourth-order valence-electron chi connectivity index (χ4n) is 7.21. The molecule has 0 bridgehead atoms. The van der Waals surface area contributed by atoms with Crippen molar-refractivity contribution in [1.29, 1.82) is 0 Å². The van der Waals surface area contributed by atoms with Gasteiger partial charge in [0.05, 0.1) is 27.7 Å². The predicted octanol–water partition coefficient (Wildman–Crippen LogP) is 19.0. The molecule has 0 aliphatic carbocycles. The molecule has 438 valence electrons. The first-order chi connectivity index (χ1) is 38.0. The quantitative estimate of drug-likeness (QED) is 0.0211. The van der Waals surface area contributed by atoms with Gasteiger partial charge in [0.1, 0.15) is 19.8 Å². The summed E-state index contributed by atoms with van der Waals surface area (Å²) in [7, 11) is 1.41. The number of likely N-dealkylation sites (N-methyl/N-ethyl adjacent to an activating group) is 1. The lowest BCUT2D eigenvalue weighted by molar-refractivity contribution is -0.870. The van der Waals surface area contributed by atoms with Crippen LogP contribution in [0.5, 0.6) is 0 Å². The minimum Gasteiger partial charge on any atom is -0.462 e. The Balaban J connectivity index is 4.33. The topological polar surface area (TPSA) is 108 Å². The van der Waals surface area contributed by atoms with E-state index in [4.69, 9.17) is 18.5 Å². The minimum atomic E-state index is -4.42. The van der Waals surface area contributed by atoms with Crippen LogP contribution < -0.4 is 0 Å². The summed E-state index contributed by atoms with van der Waals surface area (Å²) in [6.07, 6.45) is 87.1. The second-order valence-corrected chi connectivity index (χ2v) is 21.7. The van der Waals surface area contributed by atoms with E-state index in [2.05, 4.69) is 184 Å². The van der Waals surface area contributed by atoms with Crippen molar-refractivity contribution in [3.8, 4) is 0 Å². The summed E-state index contributed by atoms with van der Waals surface area (Å²) in [5.41, 5.74) is 0. The number of hydrogen-bond acceptors (Lipinski definition) is 7. The van der Waals surface area contributed by atoms with Crippen molar-refractivity contribution in [3.63, 3.8) is 0 Å². The van der Waals surface area contributed by atoms with Gasteiger partial charge in [-0.05, 0) is 128 Å². The second kappa shape index (κ2) is 57.1. The van der Waals surface area contributed by atoms with Crippen molar-refractivity contribution in [3.05, 3.63) is 170 Å². The van der Waals surface area contributed by atoms with E-state index in [-0.39, 0.29) is 26.1 Å². The molecule has 10 heteroatoms. The van der Waals surface area contributed by atoms with Crippen molar-refractivity contribution >= 4 is 19.8 Å². The summed E-state index contributed by atoms with van der Waals surface area (Å²) in [5.74, 6) is -0.874. The van der Waals surface area contributed by atoms with Crippen LogP contribution in [0, 0.1) is 0 Å². The lowest BCUT2D eigenvalue weighted by atomic mass is 10.1.